The van der Waals surface area contributed by atoms with Crippen molar-refractivity contribution in [2.24, 2.45) is 24.3 Å². The van der Waals surface area contributed by atoms with Gasteiger partial charge in [-0.15, -0.1) is 0 Å². The molecule has 0 saturated heterocycles. The number of fused-ring (bicyclic) bond motifs is 1. The molecule has 6 heteroatoms. The molecule has 192 valence electrons. The number of imidazole rings is 1. The number of hydrogen-bond acceptors (Lipinski definition) is 5. The number of carbonyl (C=O) groups excluding carboxylic acids is 2. The number of Topliss-reactive ketones (excluding diaryl/α,β-unsaturated/α-hetero) is 1. The second-order valence-corrected chi connectivity index (χ2v) is 11.1. The van der Waals surface area contributed by atoms with Crippen LogP contribution in [0.4, 0.5) is 0 Å². The van der Waals surface area contributed by atoms with E-state index in [1.165, 1.54) is 5.57 Å². The zero-order valence-electron chi connectivity index (χ0n) is 22.4. The minimum atomic E-state index is -0.716. The maximum atomic E-state index is 13.2. The van der Waals surface area contributed by atoms with E-state index in [1.807, 2.05) is 64.4 Å². The van der Waals surface area contributed by atoms with E-state index < -0.39 is 23.5 Å². The predicted octanol–water partition coefficient (Wildman–Crippen LogP) is 5.99. The van der Waals surface area contributed by atoms with Crippen molar-refractivity contribution in [3.8, 4) is 0 Å². The van der Waals surface area contributed by atoms with Gasteiger partial charge in [-0.05, 0) is 63.1 Å². The minimum absolute atomic E-state index is 0.000318. The van der Waals surface area contributed by atoms with Crippen LogP contribution in [-0.2, 0) is 21.4 Å². The van der Waals surface area contributed by atoms with Crippen molar-refractivity contribution in [3.63, 3.8) is 0 Å². The number of ketones is 1. The molecule has 0 radical (unpaired) electrons. The molecule has 2 heterocycles. The summed E-state index contributed by atoms with van der Waals surface area (Å²) in [6.07, 6.45) is 4.91. The highest BCUT2D eigenvalue weighted by Gasteiger charge is 2.37. The first-order valence-corrected chi connectivity index (χ1v) is 12.9. The molecule has 4 atom stereocenters. The number of aryl methyl sites for hydroxylation is 2. The Labute approximate surface area is 209 Å². The van der Waals surface area contributed by atoms with Crippen LogP contribution in [0.1, 0.15) is 90.6 Å². The van der Waals surface area contributed by atoms with Crippen LogP contribution in [0.5, 0.6) is 0 Å². The SMILES string of the molecule is C/C1=C/C[C@@H](c2ccc3c(c2)nc(C)n3C)OC(=O)CCC(C)(C)C(=O)[C@H](C)[C@@H](O)[C@@H](C)CCC1. The van der Waals surface area contributed by atoms with Crippen molar-refractivity contribution in [3.05, 3.63) is 41.2 Å². The molecule has 1 aromatic heterocycles. The van der Waals surface area contributed by atoms with Gasteiger partial charge in [-0.3, -0.25) is 9.59 Å². The summed E-state index contributed by atoms with van der Waals surface area (Å²) in [4.78, 5) is 30.8. The van der Waals surface area contributed by atoms with Gasteiger partial charge in [-0.1, -0.05) is 45.4 Å². The zero-order chi connectivity index (χ0) is 25.9. The first-order chi connectivity index (χ1) is 16.4. The average Bonchev–Trinajstić information content (AvgIpc) is 3.10. The van der Waals surface area contributed by atoms with E-state index in [-0.39, 0.29) is 24.1 Å². The third-order valence-electron chi connectivity index (χ3n) is 7.81. The zero-order valence-corrected chi connectivity index (χ0v) is 22.4. The second-order valence-electron chi connectivity index (χ2n) is 11.1. The summed E-state index contributed by atoms with van der Waals surface area (Å²) in [5.41, 5.74) is 3.38. The molecule has 1 aliphatic heterocycles. The molecule has 0 fully saturated rings. The van der Waals surface area contributed by atoms with Crippen LogP contribution in [0.2, 0.25) is 0 Å². The lowest BCUT2D eigenvalue weighted by Crippen LogP contribution is -2.39. The highest BCUT2D eigenvalue weighted by atomic mass is 16.5. The van der Waals surface area contributed by atoms with Crippen molar-refractivity contribution in [1.29, 1.82) is 0 Å². The monoisotopic (exact) mass is 482 g/mol. The van der Waals surface area contributed by atoms with E-state index in [0.717, 1.165) is 41.7 Å². The van der Waals surface area contributed by atoms with Gasteiger partial charge in [0.25, 0.3) is 0 Å². The fourth-order valence-electron chi connectivity index (χ4n) is 5.09. The van der Waals surface area contributed by atoms with Crippen molar-refractivity contribution in [2.75, 3.05) is 0 Å². The molecule has 3 rings (SSSR count). The van der Waals surface area contributed by atoms with Crippen molar-refractivity contribution in [2.45, 2.75) is 92.3 Å². The van der Waals surface area contributed by atoms with Crippen molar-refractivity contribution < 1.29 is 19.4 Å². The fourth-order valence-corrected chi connectivity index (χ4v) is 5.09. The van der Waals surface area contributed by atoms with Crippen molar-refractivity contribution in [1.82, 2.24) is 9.55 Å². The normalized spacial score (nSPS) is 29.0. The molecule has 0 amide bonds. The lowest BCUT2D eigenvalue weighted by atomic mass is 9.74. The number of aliphatic hydroxyl groups is 1. The molecule has 2 aromatic rings. The molecule has 1 N–H and O–H groups in total. The summed E-state index contributed by atoms with van der Waals surface area (Å²) in [6.45, 7) is 11.6. The lowest BCUT2D eigenvalue weighted by molar-refractivity contribution is -0.150. The van der Waals surface area contributed by atoms with Crippen molar-refractivity contribution >= 4 is 22.8 Å². The molecular formula is C29H42N2O4. The number of ether oxygens (including phenoxy) is 1. The largest absolute Gasteiger partial charge is 0.457 e. The molecule has 0 saturated carbocycles. The van der Waals surface area contributed by atoms with E-state index in [4.69, 9.17) is 4.74 Å². The number of allylic oxidation sites excluding steroid dienone is 1. The molecule has 35 heavy (non-hydrogen) atoms. The van der Waals surface area contributed by atoms with Crippen LogP contribution >= 0.6 is 0 Å². The van der Waals surface area contributed by atoms with Gasteiger partial charge >= 0.3 is 5.97 Å². The molecular weight excluding hydrogens is 440 g/mol. The third kappa shape index (κ3) is 6.40. The first kappa shape index (κ1) is 27.1. The standard InChI is InChI=1S/C29H42N2O4/c1-18-9-8-10-19(2)27(33)20(3)28(34)29(5,6)16-15-26(32)35-25(14-11-18)22-12-13-24-23(17-22)30-21(4)31(24)7/h11-13,17,19-20,25,27,33H,8-10,14-16H2,1-7H3/b18-11-/t19-,20+,25-,27-/m0/s1. The Hall–Kier alpha value is -2.47. The number of esters is 1. The van der Waals surface area contributed by atoms with Crippen LogP contribution in [0, 0.1) is 24.2 Å². The Bertz CT molecular complexity index is 1100. The predicted molar refractivity (Wildman–Crippen MR) is 139 cm³/mol. The summed E-state index contributed by atoms with van der Waals surface area (Å²) >= 11 is 0. The summed E-state index contributed by atoms with van der Waals surface area (Å²) in [7, 11) is 1.99. The van der Waals surface area contributed by atoms with E-state index >= 15 is 0 Å². The molecule has 0 unspecified atom stereocenters. The topological polar surface area (TPSA) is 81.4 Å². The van der Waals surface area contributed by atoms with Gasteiger partial charge in [0.1, 0.15) is 17.7 Å². The molecule has 0 aliphatic carbocycles. The fraction of sp³-hybridized carbons (Fsp3) is 0.621. The Morgan fingerprint density at radius 3 is 2.57 bits per heavy atom. The number of aromatic nitrogens is 2. The number of aliphatic hydroxyl groups excluding tert-OH is 1. The van der Waals surface area contributed by atoms with Crippen LogP contribution in [0.3, 0.4) is 0 Å². The van der Waals surface area contributed by atoms with Gasteiger partial charge in [0.15, 0.2) is 0 Å². The summed E-state index contributed by atoms with van der Waals surface area (Å²) < 4.78 is 8.03. The van der Waals surface area contributed by atoms with E-state index in [2.05, 4.69) is 18.0 Å². The van der Waals surface area contributed by atoms with Gasteiger partial charge < -0.3 is 14.4 Å². The number of cyclic esters (lactones) is 1. The maximum Gasteiger partial charge on any atom is 0.306 e. The Kier molecular flexibility index (Phi) is 8.58. The molecule has 1 aliphatic rings. The number of carbonyl (C=O) groups is 2. The Morgan fingerprint density at radius 2 is 1.86 bits per heavy atom. The molecule has 1 aromatic carbocycles. The molecule has 6 nitrogen and oxygen atoms in total. The van der Waals surface area contributed by atoms with E-state index in [0.29, 0.717) is 12.8 Å². The number of rotatable bonds is 1. The quantitative estimate of drug-likeness (QED) is 0.398. The molecule has 0 bridgehead atoms. The summed E-state index contributed by atoms with van der Waals surface area (Å²) in [5.74, 6) is 0.190. The van der Waals surface area contributed by atoms with Crippen LogP contribution < -0.4 is 0 Å². The van der Waals surface area contributed by atoms with Gasteiger partial charge in [0, 0.05) is 31.2 Å². The van der Waals surface area contributed by atoms with Crippen LogP contribution in [-0.4, -0.2) is 32.5 Å². The maximum absolute atomic E-state index is 13.2. The van der Waals surface area contributed by atoms with Gasteiger partial charge in [-0.2, -0.15) is 0 Å². The van der Waals surface area contributed by atoms with Gasteiger partial charge in [0.05, 0.1) is 17.1 Å². The minimum Gasteiger partial charge on any atom is -0.457 e. The Balaban J connectivity index is 1.89. The Morgan fingerprint density at radius 1 is 1.14 bits per heavy atom. The lowest BCUT2D eigenvalue weighted by Gasteiger charge is -2.31. The second kappa shape index (κ2) is 11.1. The van der Waals surface area contributed by atoms with Crippen LogP contribution in [0.15, 0.2) is 29.8 Å². The highest BCUT2D eigenvalue weighted by Crippen LogP contribution is 2.33. The number of hydrogen-bond donors (Lipinski definition) is 1. The summed E-state index contributed by atoms with van der Waals surface area (Å²) in [6, 6.07) is 6.06. The van der Waals surface area contributed by atoms with E-state index in [9.17, 15) is 14.7 Å². The average molecular weight is 483 g/mol. The van der Waals surface area contributed by atoms with E-state index in [1.54, 1.807) is 0 Å². The number of benzene rings is 1. The van der Waals surface area contributed by atoms with Gasteiger partial charge in [0.2, 0.25) is 0 Å². The smallest absolute Gasteiger partial charge is 0.306 e. The van der Waals surface area contributed by atoms with Gasteiger partial charge in [-0.25, -0.2) is 4.98 Å². The third-order valence-corrected chi connectivity index (χ3v) is 7.81. The van der Waals surface area contributed by atoms with Crippen LogP contribution in [0.25, 0.3) is 11.0 Å². The molecule has 0 spiro atoms. The summed E-state index contributed by atoms with van der Waals surface area (Å²) in [5, 5.41) is 10.8. The first-order valence-electron chi connectivity index (χ1n) is 12.9. The number of nitrogens with zero attached hydrogens (tertiary/aromatic N) is 2. The highest BCUT2D eigenvalue weighted by molar-refractivity contribution is 5.87.